The fraction of sp³-hybridized carbons (Fsp3) is 0.667. The highest BCUT2D eigenvalue weighted by Gasteiger charge is 2.29. The second-order valence-electron chi connectivity index (χ2n) is 6.47. The zero-order valence-corrected chi connectivity index (χ0v) is 12.2. The summed E-state index contributed by atoms with van der Waals surface area (Å²) in [6.07, 6.45) is 9.80. The van der Waals surface area contributed by atoms with Crippen molar-refractivity contribution in [3.63, 3.8) is 0 Å². The normalized spacial score (nSPS) is 24.6. The standard InChI is InChI=1S/C18H27N/c1-2-19-18(12-14-6-5-7-14)17-11-10-15-8-3-4-9-16(15)13-17/h3-4,8-9,14,17-19H,2,5-7,10-13H2,1H3. The van der Waals surface area contributed by atoms with Gasteiger partial charge in [0, 0.05) is 6.04 Å². The molecule has 19 heavy (non-hydrogen) atoms. The van der Waals surface area contributed by atoms with Crippen molar-refractivity contribution < 1.29 is 0 Å². The molecule has 2 unspecified atom stereocenters. The van der Waals surface area contributed by atoms with E-state index >= 15 is 0 Å². The van der Waals surface area contributed by atoms with E-state index in [1.54, 1.807) is 11.1 Å². The van der Waals surface area contributed by atoms with Crippen LogP contribution in [0.4, 0.5) is 0 Å². The van der Waals surface area contributed by atoms with Crippen LogP contribution in [0.5, 0.6) is 0 Å². The molecule has 1 heteroatoms. The maximum atomic E-state index is 3.78. The third kappa shape index (κ3) is 3.02. The number of benzene rings is 1. The molecule has 0 amide bonds. The number of aryl methyl sites for hydroxylation is 1. The van der Waals surface area contributed by atoms with E-state index in [1.807, 2.05) is 0 Å². The van der Waals surface area contributed by atoms with E-state index in [2.05, 4.69) is 36.5 Å². The van der Waals surface area contributed by atoms with Gasteiger partial charge in [0.2, 0.25) is 0 Å². The lowest BCUT2D eigenvalue weighted by molar-refractivity contribution is 0.213. The topological polar surface area (TPSA) is 12.0 Å². The third-order valence-electron chi connectivity index (χ3n) is 5.23. The first kappa shape index (κ1) is 13.2. The molecule has 2 atom stereocenters. The first-order valence-corrected chi connectivity index (χ1v) is 8.17. The largest absolute Gasteiger partial charge is 0.314 e. The molecule has 1 aromatic carbocycles. The molecule has 1 N–H and O–H groups in total. The maximum Gasteiger partial charge on any atom is 0.0101 e. The molecule has 1 nitrogen and oxygen atoms in total. The van der Waals surface area contributed by atoms with E-state index < -0.39 is 0 Å². The molecular formula is C18H27N. The number of rotatable bonds is 5. The Kier molecular flexibility index (Phi) is 4.22. The number of fused-ring (bicyclic) bond motifs is 1. The van der Waals surface area contributed by atoms with Gasteiger partial charge < -0.3 is 5.32 Å². The minimum atomic E-state index is 0.753. The van der Waals surface area contributed by atoms with Crippen molar-refractivity contribution in [3.8, 4) is 0 Å². The Balaban J connectivity index is 1.66. The first-order chi connectivity index (χ1) is 9.36. The third-order valence-corrected chi connectivity index (χ3v) is 5.23. The summed E-state index contributed by atoms with van der Waals surface area (Å²) in [5.41, 5.74) is 3.20. The predicted octanol–water partition coefficient (Wildman–Crippen LogP) is 3.96. The monoisotopic (exact) mass is 257 g/mol. The summed E-state index contributed by atoms with van der Waals surface area (Å²) in [6.45, 7) is 3.38. The first-order valence-electron chi connectivity index (χ1n) is 8.17. The van der Waals surface area contributed by atoms with E-state index in [0.29, 0.717) is 0 Å². The van der Waals surface area contributed by atoms with Crippen LogP contribution < -0.4 is 5.32 Å². The fourth-order valence-corrected chi connectivity index (χ4v) is 3.86. The molecule has 1 saturated carbocycles. The smallest absolute Gasteiger partial charge is 0.0101 e. The molecule has 2 aliphatic carbocycles. The van der Waals surface area contributed by atoms with Crippen LogP contribution in [0.25, 0.3) is 0 Å². The van der Waals surface area contributed by atoms with E-state index in [1.165, 1.54) is 44.9 Å². The lowest BCUT2D eigenvalue weighted by Crippen LogP contribution is -2.41. The Labute approximate surface area is 117 Å². The molecular weight excluding hydrogens is 230 g/mol. The van der Waals surface area contributed by atoms with Crippen molar-refractivity contribution in [2.75, 3.05) is 6.54 Å². The summed E-state index contributed by atoms with van der Waals surface area (Å²) >= 11 is 0. The second-order valence-corrected chi connectivity index (χ2v) is 6.47. The van der Waals surface area contributed by atoms with Gasteiger partial charge in [-0.25, -0.2) is 0 Å². The highest BCUT2D eigenvalue weighted by molar-refractivity contribution is 5.30. The van der Waals surface area contributed by atoms with Crippen LogP contribution in [0.3, 0.4) is 0 Å². The van der Waals surface area contributed by atoms with Gasteiger partial charge in [-0.1, -0.05) is 50.5 Å². The van der Waals surface area contributed by atoms with Gasteiger partial charge in [-0.15, -0.1) is 0 Å². The van der Waals surface area contributed by atoms with Gasteiger partial charge in [0.05, 0.1) is 0 Å². The molecule has 0 radical (unpaired) electrons. The molecule has 0 heterocycles. The molecule has 1 aromatic rings. The van der Waals surface area contributed by atoms with Crippen LogP contribution in [0.1, 0.15) is 50.2 Å². The summed E-state index contributed by atoms with van der Waals surface area (Å²) in [5.74, 6) is 1.87. The van der Waals surface area contributed by atoms with Gasteiger partial charge in [-0.05, 0) is 55.2 Å². The highest BCUT2D eigenvalue weighted by Crippen LogP contribution is 2.35. The summed E-state index contributed by atoms with van der Waals surface area (Å²) in [4.78, 5) is 0. The molecule has 104 valence electrons. The lowest BCUT2D eigenvalue weighted by Gasteiger charge is -2.36. The van der Waals surface area contributed by atoms with Crippen molar-refractivity contribution in [1.29, 1.82) is 0 Å². The Hall–Kier alpha value is -0.820. The van der Waals surface area contributed by atoms with Gasteiger partial charge in [0.1, 0.15) is 0 Å². The van der Waals surface area contributed by atoms with E-state index in [9.17, 15) is 0 Å². The highest BCUT2D eigenvalue weighted by atomic mass is 14.9. The zero-order chi connectivity index (χ0) is 13.1. The van der Waals surface area contributed by atoms with Crippen molar-refractivity contribution in [2.24, 2.45) is 11.8 Å². The molecule has 0 aromatic heterocycles. The van der Waals surface area contributed by atoms with Crippen molar-refractivity contribution in [3.05, 3.63) is 35.4 Å². The molecule has 0 bridgehead atoms. The van der Waals surface area contributed by atoms with Crippen LogP contribution in [0, 0.1) is 11.8 Å². The van der Waals surface area contributed by atoms with Gasteiger partial charge in [0.25, 0.3) is 0 Å². The van der Waals surface area contributed by atoms with Crippen molar-refractivity contribution in [2.45, 2.75) is 57.9 Å². The Morgan fingerprint density at radius 2 is 1.95 bits per heavy atom. The molecule has 3 rings (SSSR count). The molecule has 1 fully saturated rings. The summed E-state index contributed by atoms with van der Waals surface area (Å²) in [5, 5.41) is 3.78. The number of hydrogen-bond acceptors (Lipinski definition) is 1. The number of hydrogen-bond donors (Lipinski definition) is 1. The zero-order valence-electron chi connectivity index (χ0n) is 12.2. The maximum absolute atomic E-state index is 3.78. The number of nitrogens with one attached hydrogen (secondary N) is 1. The predicted molar refractivity (Wildman–Crippen MR) is 81.4 cm³/mol. The summed E-state index contributed by atoms with van der Waals surface area (Å²) in [6, 6.07) is 9.81. The van der Waals surface area contributed by atoms with Crippen LogP contribution in [0.2, 0.25) is 0 Å². The minimum Gasteiger partial charge on any atom is -0.314 e. The van der Waals surface area contributed by atoms with E-state index in [-0.39, 0.29) is 0 Å². The fourth-order valence-electron chi connectivity index (χ4n) is 3.86. The van der Waals surface area contributed by atoms with Crippen LogP contribution in [-0.2, 0) is 12.8 Å². The average Bonchev–Trinajstić information content (AvgIpc) is 2.41. The Bertz CT molecular complexity index is 408. The molecule has 2 aliphatic rings. The molecule has 0 saturated heterocycles. The van der Waals surface area contributed by atoms with Gasteiger partial charge in [-0.2, -0.15) is 0 Å². The van der Waals surface area contributed by atoms with E-state index in [0.717, 1.165) is 24.4 Å². The molecule has 0 spiro atoms. The van der Waals surface area contributed by atoms with Crippen LogP contribution in [-0.4, -0.2) is 12.6 Å². The van der Waals surface area contributed by atoms with Crippen molar-refractivity contribution in [1.82, 2.24) is 5.32 Å². The van der Waals surface area contributed by atoms with Crippen LogP contribution >= 0.6 is 0 Å². The van der Waals surface area contributed by atoms with E-state index in [4.69, 9.17) is 0 Å². The summed E-state index contributed by atoms with van der Waals surface area (Å²) in [7, 11) is 0. The molecule has 0 aliphatic heterocycles. The minimum absolute atomic E-state index is 0.753. The Morgan fingerprint density at radius 1 is 1.16 bits per heavy atom. The van der Waals surface area contributed by atoms with Gasteiger partial charge in [-0.3, -0.25) is 0 Å². The quantitative estimate of drug-likeness (QED) is 0.842. The van der Waals surface area contributed by atoms with Crippen molar-refractivity contribution >= 4 is 0 Å². The van der Waals surface area contributed by atoms with Crippen LogP contribution in [0.15, 0.2) is 24.3 Å². The second kappa shape index (κ2) is 6.09. The Morgan fingerprint density at radius 3 is 2.63 bits per heavy atom. The van der Waals surface area contributed by atoms with Gasteiger partial charge >= 0.3 is 0 Å². The summed E-state index contributed by atoms with van der Waals surface area (Å²) < 4.78 is 0. The average molecular weight is 257 g/mol. The lowest BCUT2D eigenvalue weighted by atomic mass is 9.73. The van der Waals surface area contributed by atoms with Gasteiger partial charge in [0.15, 0.2) is 0 Å². The SMILES string of the molecule is CCNC(CC1CCC1)C1CCc2ccccc2C1.